The van der Waals surface area contributed by atoms with Crippen molar-refractivity contribution in [3.05, 3.63) is 45.6 Å². The van der Waals surface area contributed by atoms with Gasteiger partial charge >= 0.3 is 5.97 Å². The van der Waals surface area contributed by atoms with Gasteiger partial charge < -0.3 is 9.72 Å². The van der Waals surface area contributed by atoms with Gasteiger partial charge in [0.2, 0.25) is 0 Å². The number of benzene rings is 1. The lowest BCUT2D eigenvalue weighted by molar-refractivity contribution is 0.0606. The second kappa shape index (κ2) is 3.96. The van der Waals surface area contributed by atoms with Crippen LogP contribution in [-0.4, -0.2) is 18.1 Å². The fourth-order valence-corrected chi connectivity index (χ4v) is 3.05. The van der Waals surface area contributed by atoms with Crippen LogP contribution in [-0.2, 0) is 4.74 Å². The van der Waals surface area contributed by atoms with E-state index in [-0.39, 0.29) is 5.56 Å². The molecular formula is C13H9NO3S. The molecule has 0 amide bonds. The first-order valence-electron chi connectivity index (χ1n) is 5.33. The number of carbonyl (C=O) groups excluding carboxylic acids is 1. The van der Waals surface area contributed by atoms with E-state index >= 15 is 0 Å². The molecule has 0 aliphatic carbocycles. The number of pyridine rings is 1. The number of thiophene rings is 1. The number of hydrogen-bond acceptors (Lipinski definition) is 4. The SMILES string of the molecule is COC(=O)c1cc2c(=O)[nH]c3ccccc3c2s1. The van der Waals surface area contributed by atoms with Crippen LogP contribution in [0.15, 0.2) is 35.1 Å². The standard InChI is InChI=1S/C13H9NO3S/c1-17-13(16)10-6-8-11(18-10)7-4-2-3-5-9(7)14-12(8)15/h2-6H,1H3,(H,14,15). The van der Waals surface area contributed by atoms with E-state index in [2.05, 4.69) is 9.72 Å². The summed E-state index contributed by atoms with van der Waals surface area (Å²) in [6.07, 6.45) is 0. The summed E-state index contributed by atoms with van der Waals surface area (Å²) in [5.74, 6) is -0.417. The summed E-state index contributed by atoms with van der Waals surface area (Å²) in [5, 5.41) is 1.46. The zero-order chi connectivity index (χ0) is 12.7. The van der Waals surface area contributed by atoms with Crippen LogP contribution >= 0.6 is 11.3 Å². The van der Waals surface area contributed by atoms with Crippen molar-refractivity contribution in [2.45, 2.75) is 0 Å². The number of para-hydroxylation sites is 1. The summed E-state index contributed by atoms with van der Waals surface area (Å²) in [6, 6.07) is 9.10. The number of rotatable bonds is 1. The molecule has 0 aliphatic heterocycles. The molecule has 0 spiro atoms. The van der Waals surface area contributed by atoms with E-state index in [4.69, 9.17) is 0 Å². The van der Waals surface area contributed by atoms with E-state index in [0.29, 0.717) is 10.3 Å². The van der Waals surface area contributed by atoms with Crippen molar-refractivity contribution in [1.29, 1.82) is 0 Å². The molecule has 2 aromatic heterocycles. The number of esters is 1. The summed E-state index contributed by atoms with van der Waals surface area (Å²) in [6.45, 7) is 0. The summed E-state index contributed by atoms with van der Waals surface area (Å²) >= 11 is 1.28. The van der Waals surface area contributed by atoms with E-state index in [1.54, 1.807) is 6.07 Å². The van der Waals surface area contributed by atoms with Crippen LogP contribution < -0.4 is 5.56 Å². The van der Waals surface area contributed by atoms with Gasteiger partial charge in [-0.3, -0.25) is 4.79 Å². The minimum absolute atomic E-state index is 0.185. The number of nitrogens with one attached hydrogen (secondary N) is 1. The summed E-state index contributed by atoms with van der Waals surface area (Å²) in [7, 11) is 1.33. The second-order valence-corrected chi connectivity index (χ2v) is 4.90. The maximum absolute atomic E-state index is 11.9. The Hall–Kier alpha value is -2.14. The van der Waals surface area contributed by atoms with Crippen molar-refractivity contribution in [2.75, 3.05) is 7.11 Å². The molecule has 3 aromatic rings. The van der Waals surface area contributed by atoms with Gasteiger partial charge in [-0.25, -0.2) is 4.79 Å². The van der Waals surface area contributed by atoms with E-state index in [0.717, 1.165) is 15.6 Å². The Morgan fingerprint density at radius 1 is 1.28 bits per heavy atom. The summed E-state index contributed by atoms with van der Waals surface area (Å²) in [4.78, 5) is 26.7. The van der Waals surface area contributed by atoms with Crippen molar-refractivity contribution in [3.63, 3.8) is 0 Å². The molecule has 2 heterocycles. The van der Waals surface area contributed by atoms with Crippen molar-refractivity contribution >= 4 is 38.3 Å². The minimum atomic E-state index is -0.417. The van der Waals surface area contributed by atoms with Crippen LogP contribution in [0.2, 0.25) is 0 Å². The number of fused-ring (bicyclic) bond motifs is 3. The van der Waals surface area contributed by atoms with Gasteiger partial charge in [0.1, 0.15) is 4.88 Å². The Morgan fingerprint density at radius 2 is 2.06 bits per heavy atom. The maximum Gasteiger partial charge on any atom is 0.348 e. The van der Waals surface area contributed by atoms with E-state index < -0.39 is 5.97 Å². The lowest BCUT2D eigenvalue weighted by Gasteiger charge is -1.97. The fraction of sp³-hybridized carbons (Fsp3) is 0.0769. The normalized spacial score (nSPS) is 10.9. The molecule has 0 saturated carbocycles. The van der Waals surface area contributed by atoms with Crippen molar-refractivity contribution in [3.8, 4) is 0 Å². The monoisotopic (exact) mass is 259 g/mol. The van der Waals surface area contributed by atoms with Gasteiger partial charge in [0.25, 0.3) is 5.56 Å². The molecule has 90 valence electrons. The summed E-state index contributed by atoms with van der Waals surface area (Å²) < 4.78 is 5.49. The molecule has 0 unspecified atom stereocenters. The molecular weight excluding hydrogens is 250 g/mol. The molecule has 0 atom stereocenters. The largest absolute Gasteiger partial charge is 0.465 e. The Morgan fingerprint density at radius 3 is 2.83 bits per heavy atom. The number of hydrogen-bond donors (Lipinski definition) is 1. The minimum Gasteiger partial charge on any atom is -0.465 e. The number of H-pyrrole nitrogens is 1. The van der Waals surface area contributed by atoms with Crippen molar-refractivity contribution in [1.82, 2.24) is 4.98 Å². The van der Waals surface area contributed by atoms with Crippen LogP contribution in [0.25, 0.3) is 21.0 Å². The predicted molar refractivity (Wildman–Crippen MR) is 71.3 cm³/mol. The van der Waals surface area contributed by atoms with Gasteiger partial charge in [-0.05, 0) is 12.1 Å². The van der Waals surface area contributed by atoms with Crippen molar-refractivity contribution < 1.29 is 9.53 Å². The highest BCUT2D eigenvalue weighted by atomic mass is 32.1. The Balaban J connectivity index is 2.45. The number of methoxy groups -OCH3 is 1. The van der Waals surface area contributed by atoms with Crippen LogP contribution in [0.4, 0.5) is 0 Å². The molecule has 1 aromatic carbocycles. The van der Waals surface area contributed by atoms with Crippen LogP contribution in [0.3, 0.4) is 0 Å². The number of aromatic nitrogens is 1. The van der Waals surface area contributed by atoms with E-state index in [1.807, 2.05) is 24.3 Å². The average molecular weight is 259 g/mol. The van der Waals surface area contributed by atoms with Crippen molar-refractivity contribution in [2.24, 2.45) is 0 Å². The van der Waals surface area contributed by atoms with E-state index in [9.17, 15) is 9.59 Å². The van der Waals surface area contributed by atoms with Gasteiger partial charge in [0.15, 0.2) is 0 Å². The quantitative estimate of drug-likeness (QED) is 0.683. The molecule has 5 heteroatoms. The number of carbonyl (C=O) groups is 1. The van der Waals surface area contributed by atoms with Gasteiger partial charge in [-0.1, -0.05) is 18.2 Å². The highest BCUT2D eigenvalue weighted by Crippen LogP contribution is 2.29. The first-order chi connectivity index (χ1) is 8.70. The zero-order valence-electron chi connectivity index (χ0n) is 9.52. The maximum atomic E-state index is 11.9. The Labute approximate surface area is 106 Å². The smallest absolute Gasteiger partial charge is 0.348 e. The molecule has 0 saturated heterocycles. The third-order valence-corrected chi connectivity index (χ3v) is 3.93. The first kappa shape index (κ1) is 11.0. The fourth-order valence-electron chi connectivity index (χ4n) is 1.94. The molecule has 1 N–H and O–H groups in total. The van der Waals surface area contributed by atoms with Crippen LogP contribution in [0, 0.1) is 0 Å². The third kappa shape index (κ3) is 1.52. The van der Waals surface area contributed by atoms with Crippen LogP contribution in [0.1, 0.15) is 9.67 Å². The zero-order valence-corrected chi connectivity index (χ0v) is 10.3. The number of aromatic amines is 1. The van der Waals surface area contributed by atoms with Crippen LogP contribution in [0.5, 0.6) is 0 Å². The highest BCUT2D eigenvalue weighted by Gasteiger charge is 2.14. The number of ether oxygens (including phenoxy) is 1. The lowest BCUT2D eigenvalue weighted by atomic mass is 10.2. The Kier molecular flexibility index (Phi) is 2.41. The Bertz CT molecular complexity index is 816. The van der Waals surface area contributed by atoms with Gasteiger partial charge in [0.05, 0.1) is 17.2 Å². The first-order valence-corrected chi connectivity index (χ1v) is 6.15. The molecule has 0 aliphatic rings. The molecule has 4 nitrogen and oxygen atoms in total. The third-order valence-electron chi connectivity index (χ3n) is 2.78. The van der Waals surface area contributed by atoms with Gasteiger partial charge in [-0.2, -0.15) is 0 Å². The topological polar surface area (TPSA) is 59.2 Å². The molecule has 18 heavy (non-hydrogen) atoms. The molecule has 0 radical (unpaired) electrons. The van der Waals surface area contributed by atoms with Gasteiger partial charge in [-0.15, -0.1) is 11.3 Å². The molecule has 0 fully saturated rings. The highest BCUT2D eigenvalue weighted by molar-refractivity contribution is 7.21. The summed E-state index contributed by atoms with van der Waals surface area (Å²) in [5.41, 5.74) is 0.586. The molecule has 3 rings (SSSR count). The predicted octanol–water partition coefficient (Wildman–Crippen LogP) is 2.53. The second-order valence-electron chi connectivity index (χ2n) is 3.84. The average Bonchev–Trinajstić information content (AvgIpc) is 2.84. The van der Waals surface area contributed by atoms with E-state index in [1.165, 1.54) is 18.4 Å². The molecule has 0 bridgehead atoms. The lowest BCUT2D eigenvalue weighted by Crippen LogP contribution is -2.04. The van der Waals surface area contributed by atoms with Gasteiger partial charge in [0, 0.05) is 10.9 Å².